The molecular weight excluding hydrogens is 216 g/mol. The number of nitrogens with zero attached hydrogens (tertiary/aromatic N) is 1. The summed E-state index contributed by atoms with van der Waals surface area (Å²) in [6.07, 6.45) is 0.947. The molecule has 0 fully saturated rings. The van der Waals surface area contributed by atoms with E-state index in [1.807, 2.05) is 12.6 Å². The summed E-state index contributed by atoms with van der Waals surface area (Å²) in [6.45, 7) is 0.940. The van der Waals surface area contributed by atoms with E-state index in [-0.39, 0.29) is 0 Å². The molecule has 0 bridgehead atoms. The van der Waals surface area contributed by atoms with Crippen molar-refractivity contribution in [2.45, 2.75) is 6.42 Å². The van der Waals surface area contributed by atoms with Crippen molar-refractivity contribution >= 4 is 33.2 Å². The second kappa shape index (κ2) is 4.26. The van der Waals surface area contributed by atoms with Gasteiger partial charge in [-0.3, -0.25) is 0 Å². The number of likely N-dealkylation sites (N-methyl/N-ethyl adjacent to an activating group) is 1. The molecule has 14 heavy (non-hydrogen) atoms. The molecule has 74 valence electrons. The lowest BCUT2D eigenvalue weighted by molar-refractivity contribution is 0.792. The zero-order chi connectivity index (χ0) is 9.97. The first-order valence-electron chi connectivity index (χ1n) is 4.48. The summed E-state index contributed by atoms with van der Waals surface area (Å²) < 4.78 is 1.16. The van der Waals surface area contributed by atoms with Crippen LogP contribution in [0.1, 0.15) is 5.56 Å². The summed E-state index contributed by atoms with van der Waals surface area (Å²) in [6, 6.07) is 4.17. The van der Waals surface area contributed by atoms with E-state index in [1.54, 1.807) is 11.3 Å². The number of hydrogen-bond acceptors (Lipinski definition) is 3. The Labute approximate surface area is 91.9 Å². The van der Waals surface area contributed by atoms with E-state index in [0.29, 0.717) is 0 Å². The van der Waals surface area contributed by atoms with Gasteiger partial charge in [-0.1, -0.05) is 17.7 Å². The van der Waals surface area contributed by atoms with Crippen LogP contribution in [-0.2, 0) is 6.42 Å². The van der Waals surface area contributed by atoms with Crippen molar-refractivity contribution in [3.63, 3.8) is 0 Å². The Hall–Kier alpha value is -0.640. The van der Waals surface area contributed by atoms with E-state index >= 15 is 0 Å². The van der Waals surface area contributed by atoms with Gasteiger partial charge in [0.2, 0.25) is 0 Å². The molecule has 0 amide bonds. The van der Waals surface area contributed by atoms with Gasteiger partial charge in [0.05, 0.1) is 15.2 Å². The van der Waals surface area contributed by atoms with Gasteiger partial charge in [0.25, 0.3) is 0 Å². The topological polar surface area (TPSA) is 24.9 Å². The van der Waals surface area contributed by atoms with E-state index < -0.39 is 0 Å². The van der Waals surface area contributed by atoms with Crippen molar-refractivity contribution in [1.82, 2.24) is 10.3 Å². The van der Waals surface area contributed by atoms with Crippen LogP contribution in [-0.4, -0.2) is 18.6 Å². The maximum absolute atomic E-state index is 6.24. The Morgan fingerprint density at radius 2 is 2.36 bits per heavy atom. The maximum Gasteiger partial charge on any atom is 0.100 e. The Morgan fingerprint density at radius 3 is 3.14 bits per heavy atom. The van der Waals surface area contributed by atoms with E-state index in [1.165, 1.54) is 5.56 Å². The van der Waals surface area contributed by atoms with Crippen LogP contribution in [0.2, 0.25) is 5.02 Å². The van der Waals surface area contributed by atoms with E-state index in [0.717, 1.165) is 28.2 Å². The second-order valence-electron chi connectivity index (χ2n) is 3.09. The van der Waals surface area contributed by atoms with Gasteiger partial charge in [-0.05, 0) is 31.6 Å². The van der Waals surface area contributed by atoms with Crippen LogP contribution in [0.25, 0.3) is 10.2 Å². The molecule has 0 aliphatic rings. The lowest BCUT2D eigenvalue weighted by Crippen LogP contribution is -2.10. The fourth-order valence-corrected chi connectivity index (χ4v) is 2.44. The number of nitrogens with one attached hydrogen (secondary N) is 1. The Kier molecular flexibility index (Phi) is 3.01. The molecule has 1 N–H and O–H groups in total. The number of halogens is 1. The molecule has 0 saturated heterocycles. The monoisotopic (exact) mass is 226 g/mol. The first kappa shape index (κ1) is 9.90. The van der Waals surface area contributed by atoms with E-state index in [2.05, 4.69) is 22.4 Å². The lowest BCUT2D eigenvalue weighted by atomic mass is 10.1. The van der Waals surface area contributed by atoms with Crippen LogP contribution in [0.15, 0.2) is 17.6 Å². The number of hydrogen-bond donors (Lipinski definition) is 1. The smallest absolute Gasteiger partial charge is 0.100 e. The summed E-state index contributed by atoms with van der Waals surface area (Å²) in [5, 5.41) is 3.91. The number of rotatable bonds is 3. The third-order valence-electron chi connectivity index (χ3n) is 2.16. The standard InChI is InChI=1S/C10H11ClN2S/c1-12-5-4-7-2-3-8-10(9(7)11)13-6-14-8/h2-3,6,12H,4-5H2,1H3. The predicted octanol–water partition coefficient (Wildman–Crippen LogP) is 2.71. The quantitative estimate of drug-likeness (QED) is 0.871. The van der Waals surface area contributed by atoms with Crippen LogP contribution in [0.5, 0.6) is 0 Å². The molecule has 0 atom stereocenters. The maximum atomic E-state index is 6.24. The van der Waals surface area contributed by atoms with E-state index in [9.17, 15) is 0 Å². The largest absolute Gasteiger partial charge is 0.319 e. The zero-order valence-electron chi connectivity index (χ0n) is 7.88. The normalized spacial score (nSPS) is 11.0. The molecule has 0 spiro atoms. The van der Waals surface area contributed by atoms with Crippen molar-refractivity contribution < 1.29 is 0 Å². The summed E-state index contributed by atoms with van der Waals surface area (Å²) in [7, 11) is 1.94. The molecule has 2 rings (SSSR count). The van der Waals surface area contributed by atoms with Crippen molar-refractivity contribution in [3.05, 3.63) is 28.2 Å². The van der Waals surface area contributed by atoms with Crippen LogP contribution >= 0.6 is 22.9 Å². The fourth-order valence-electron chi connectivity index (χ4n) is 1.39. The average Bonchev–Trinajstić information content (AvgIpc) is 2.66. The van der Waals surface area contributed by atoms with Gasteiger partial charge < -0.3 is 5.32 Å². The highest BCUT2D eigenvalue weighted by molar-refractivity contribution is 7.16. The molecule has 2 nitrogen and oxygen atoms in total. The first-order chi connectivity index (χ1) is 6.83. The van der Waals surface area contributed by atoms with Gasteiger partial charge in [0.1, 0.15) is 5.52 Å². The Balaban J connectivity index is 2.40. The molecule has 0 saturated carbocycles. The number of benzene rings is 1. The second-order valence-corrected chi connectivity index (χ2v) is 4.36. The molecule has 0 aliphatic heterocycles. The van der Waals surface area contributed by atoms with Gasteiger partial charge in [0.15, 0.2) is 0 Å². The highest BCUT2D eigenvalue weighted by atomic mass is 35.5. The van der Waals surface area contributed by atoms with Gasteiger partial charge >= 0.3 is 0 Å². The molecule has 1 aromatic carbocycles. The van der Waals surface area contributed by atoms with Crippen LogP contribution in [0, 0.1) is 0 Å². The number of fused-ring (bicyclic) bond motifs is 1. The first-order valence-corrected chi connectivity index (χ1v) is 5.74. The summed E-state index contributed by atoms with van der Waals surface area (Å²) in [5.41, 5.74) is 3.93. The van der Waals surface area contributed by atoms with Crippen molar-refractivity contribution in [2.75, 3.05) is 13.6 Å². The SMILES string of the molecule is CNCCc1ccc2scnc2c1Cl. The lowest BCUT2D eigenvalue weighted by Gasteiger charge is -2.03. The van der Waals surface area contributed by atoms with Gasteiger partial charge in [0, 0.05) is 0 Å². The highest BCUT2D eigenvalue weighted by Gasteiger charge is 2.06. The molecule has 0 radical (unpaired) electrons. The molecule has 1 aromatic heterocycles. The van der Waals surface area contributed by atoms with Crippen LogP contribution < -0.4 is 5.32 Å². The molecule has 2 aromatic rings. The van der Waals surface area contributed by atoms with Crippen LogP contribution in [0.3, 0.4) is 0 Å². The minimum absolute atomic E-state index is 0.805. The third kappa shape index (κ3) is 1.75. The third-order valence-corrected chi connectivity index (χ3v) is 3.38. The summed E-state index contributed by atoms with van der Waals surface area (Å²) >= 11 is 7.86. The number of aromatic nitrogens is 1. The van der Waals surface area contributed by atoms with Crippen molar-refractivity contribution in [1.29, 1.82) is 0 Å². The van der Waals surface area contributed by atoms with Gasteiger partial charge in [-0.15, -0.1) is 11.3 Å². The molecule has 0 unspecified atom stereocenters. The zero-order valence-corrected chi connectivity index (χ0v) is 9.45. The fraction of sp³-hybridized carbons (Fsp3) is 0.300. The van der Waals surface area contributed by atoms with E-state index in [4.69, 9.17) is 11.6 Å². The Bertz CT molecular complexity index is 439. The van der Waals surface area contributed by atoms with Crippen molar-refractivity contribution in [3.8, 4) is 0 Å². The molecule has 0 aliphatic carbocycles. The highest BCUT2D eigenvalue weighted by Crippen LogP contribution is 2.28. The van der Waals surface area contributed by atoms with Crippen LogP contribution in [0.4, 0.5) is 0 Å². The summed E-state index contributed by atoms with van der Waals surface area (Å²) in [4.78, 5) is 4.25. The minimum atomic E-state index is 0.805. The average molecular weight is 227 g/mol. The molecule has 4 heteroatoms. The van der Waals surface area contributed by atoms with Crippen molar-refractivity contribution in [2.24, 2.45) is 0 Å². The van der Waals surface area contributed by atoms with Gasteiger partial charge in [-0.2, -0.15) is 0 Å². The molecule has 1 heterocycles. The number of thiazole rings is 1. The summed E-state index contributed by atoms with van der Waals surface area (Å²) in [5.74, 6) is 0. The predicted molar refractivity (Wildman–Crippen MR) is 62.3 cm³/mol. The minimum Gasteiger partial charge on any atom is -0.319 e. The van der Waals surface area contributed by atoms with Gasteiger partial charge in [-0.25, -0.2) is 4.98 Å². The molecular formula is C10H11ClN2S. The Morgan fingerprint density at radius 1 is 1.50 bits per heavy atom.